The maximum absolute atomic E-state index is 13.4. The molecule has 0 amide bonds. The highest BCUT2D eigenvalue weighted by molar-refractivity contribution is 6.42. The van der Waals surface area contributed by atoms with Crippen LogP contribution in [0, 0.1) is 5.82 Å². The lowest BCUT2D eigenvalue weighted by molar-refractivity contribution is 0.387. The lowest BCUT2D eigenvalue weighted by atomic mass is 10.1. The minimum absolute atomic E-state index is 0.0728. The predicted molar refractivity (Wildman–Crippen MR) is 81.5 cm³/mol. The van der Waals surface area contributed by atoms with Gasteiger partial charge in [0.1, 0.15) is 0 Å². The van der Waals surface area contributed by atoms with Gasteiger partial charge in [-0.15, -0.1) is 0 Å². The first-order chi connectivity index (χ1) is 9.52. The van der Waals surface area contributed by atoms with Crippen molar-refractivity contribution in [3.05, 3.63) is 57.8 Å². The van der Waals surface area contributed by atoms with Crippen molar-refractivity contribution in [2.24, 2.45) is 0 Å². The smallest absolute Gasteiger partial charge is 0.165 e. The summed E-state index contributed by atoms with van der Waals surface area (Å²) in [6.45, 7) is 1.95. The summed E-state index contributed by atoms with van der Waals surface area (Å²) in [6, 6.07) is 10.0. The first-order valence-electron chi connectivity index (χ1n) is 6.07. The summed E-state index contributed by atoms with van der Waals surface area (Å²) in [6.07, 6.45) is 0. The molecule has 5 heteroatoms. The zero-order chi connectivity index (χ0) is 14.7. The molecule has 1 unspecified atom stereocenters. The molecular formula is C15H14Cl2FNO. The zero-order valence-electron chi connectivity index (χ0n) is 11.1. The molecule has 0 saturated heterocycles. The van der Waals surface area contributed by atoms with Gasteiger partial charge >= 0.3 is 0 Å². The van der Waals surface area contributed by atoms with E-state index in [1.54, 1.807) is 18.2 Å². The van der Waals surface area contributed by atoms with Gasteiger partial charge in [-0.2, -0.15) is 0 Å². The Balaban J connectivity index is 2.23. The van der Waals surface area contributed by atoms with E-state index in [9.17, 15) is 4.39 Å². The van der Waals surface area contributed by atoms with Crippen molar-refractivity contribution < 1.29 is 9.13 Å². The van der Waals surface area contributed by atoms with Crippen molar-refractivity contribution in [3.8, 4) is 5.75 Å². The van der Waals surface area contributed by atoms with Crippen LogP contribution in [0.15, 0.2) is 36.4 Å². The van der Waals surface area contributed by atoms with Gasteiger partial charge in [-0.3, -0.25) is 0 Å². The number of methoxy groups -OCH3 is 1. The Morgan fingerprint density at radius 2 is 1.95 bits per heavy atom. The van der Waals surface area contributed by atoms with E-state index < -0.39 is 5.82 Å². The first kappa shape index (κ1) is 14.9. The van der Waals surface area contributed by atoms with Crippen molar-refractivity contribution >= 4 is 28.9 Å². The van der Waals surface area contributed by atoms with Crippen molar-refractivity contribution in [1.82, 2.24) is 0 Å². The van der Waals surface area contributed by atoms with Crippen LogP contribution in [-0.4, -0.2) is 7.11 Å². The number of anilines is 1. The minimum atomic E-state index is -0.397. The maximum Gasteiger partial charge on any atom is 0.165 e. The molecule has 0 aliphatic carbocycles. The Kier molecular flexibility index (Phi) is 4.73. The topological polar surface area (TPSA) is 21.3 Å². The Morgan fingerprint density at radius 3 is 2.65 bits per heavy atom. The van der Waals surface area contributed by atoms with Gasteiger partial charge in [-0.05, 0) is 30.7 Å². The average Bonchev–Trinajstić information content (AvgIpc) is 2.43. The summed E-state index contributed by atoms with van der Waals surface area (Å²) in [5, 5.41) is 4.26. The fraction of sp³-hybridized carbons (Fsp3) is 0.200. The third-order valence-electron chi connectivity index (χ3n) is 2.98. The molecule has 2 aromatic rings. The van der Waals surface area contributed by atoms with Gasteiger partial charge < -0.3 is 10.1 Å². The fourth-order valence-corrected chi connectivity index (χ4v) is 2.40. The van der Waals surface area contributed by atoms with Crippen LogP contribution in [0.4, 0.5) is 10.1 Å². The van der Waals surface area contributed by atoms with Gasteiger partial charge in [0.25, 0.3) is 0 Å². The number of rotatable bonds is 4. The highest BCUT2D eigenvalue weighted by Crippen LogP contribution is 2.32. The monoisotopic (exact) mass is 313 g/mol. The van der Waals surface area contributed by atoms with E-state index in [0.29, 0.717) is 10.0 Å². The lowest BCUT2D eigenvalue weighted by Crippen LogP contribution is -2.07. The van der Waals surface area contributed by atoms with Crippen LogP contribution >= 0.6 is 23.2 Å². The summed E-state index contributed by atoms with van der Waals surface area (Å²) in [5.74, 6) is -0.203. The Hall–Kier alpha value is -1.45. The molecule has 0 fully saturated rings. The normalized spacial score (nSPS) is 12.1. The van der Waals surface area contributed by atoms with Crippen LogP contribution in [0.5, 0.6) is 5.75 Å². The second kappa shape index (κ2) is 6.33. The van der Waals surface area contributed by atoms with E-state index in [0.717, 1.165) is 11.3 Å². The van der Waals surface area contributed by atoms with Crippen molar-refractivity contribution in [3.63, 3.8) is 0 Å². The van der Waals surface area contributed by atoms with E-state index in [-0.39, 0.29) is 11.8 Å². The highest BCUT2D eigenvalue weighted by Gasteiger charge is 2.12. The van der Waals surface area contributed by atoms with Gasteiger partial charge in [-0.1, -0.05) is 35.3 Å². The quantitative estimate of drug-likeness (QED) is 0.825. The van der Waals surface area contributed by atoms with Gasteiger partial charge in [0.2, 0.25) is 0 Å². The van der Waals surface area contributed by atoms with Gasteiger partial charge in [0, 0.05) is 11.8 Å². The number of hydrogen-bond acceptors (Lipinski definition) is 2. The van der Waals surface area contributed by atoms with Crippen molar-refractivity contribution in [2.75, 3.05) is 12.4 Å². The summed E-state index contributed by atoms with van der Waals surface area (Å²) in [7, 11) is 1.43. The van der Waals surface area contributed by atoms with Crippen LogP contribution < -0.4 is 10.1 Å². The number of hydrogen-bond donors (Lipinski definition) is 1. The van der Waals surface area contributed by atoms with Crippen molar-refractivity contribution in [1.29, 1.82) is 0 Å². The second-order valence-corrected chi connectivity index (χ2v) is 5.14. The molecule has 0 saturated carbocycles. The summed E-state index contributed by atoms with van der Waals surface area (Å²) in [5.41, 5.74) is 1.62. The third kappa shape index (κ3) is 3.17. The first-order valence-corrected chi connectivity index (χ1v) is 6.82. The molecule has 0 spiro atoms. The molecule has 2 rings (SSSR count). The average molecular weight is 314 g/mol. The van der Waals surface area contributed by atoms with E-state index >= 15 is 0 Å². The number of ether oxygens (including phenoxy) is 1. The molecule has 0 aliphatic heterocycles. The van der Waals surface area contributed by atoms with Crippen LogP contribution in [0.2, 0.25) is 10.0 Å². The molecule has 1 N–H and O–H groups in total. The third-order valence-corrected chi connectivity index (χ3v) is 3.82. The minimum Gasteiger partial charge on any atom is -0.494 e. The molecular weight excluding hydrogens is 300 g/mol. The molecule has 0 aromatic heterocycles. The second-order valence-electron chi connectivity index (χ2n) is 4.36. The number of halogens is 3. The number of benzene rings is 2. The zero-order valence-corrected chi connectivity index (χ0v) is 12.6. The van der Waals surface area contributed by atoms with Gasteiger partial charge in [-0.25, -0.2) is 4.39 Å². The van der Waals surface area contributed by atoms with Crippen LogP contribution in [-0.2, 0) is 0 Å². The predicted octanol–water partition coefficient (Wildman–Crippen LogP) is 5.31. The molecule has 0 heterocycles. The largest absolute Gasteiger partial charge is 0.494 e. The number of nitrogens with one attached hydrogen (secondary N) is 1. The molecule has 0 aliphatic rings. The Morgan fingerprint density at radius 1 is 1.20 bits per heavy atom. The van der Waals surface area contributed by atoms with Crippen LogP contribution in [0.3, 0.4) is 0 Å². The molecule has 0 radical (unpaired) electrons. The Bertz CT molecular complexity index is 619. The van der Waals surface area contributed by atoms with Gasteiger partial charge in [0.05, 0.1) is 23.2 Å². The molecule has 2 nitrogen and oxygen atoms in total. The summed E-state index contributed by atoms with van der Waals surface area (Å²) < 4.78 is 18.3. The van der Waals surface area contributed by atoms with E-state index in [4.69, 9.17) is 27.9 Å². The maximum atomic E-state index is 13.4. The molecule has 2 aromatic carbocycles. The van der Waals surface area contributed by atoms with E-state index in [2.05, 4.69) is 5.32 Å². The van der Waals surface area contributed by atoms with Crippen LogP contribution in [0.25, 0.3) is 0 Å². The van der Waals surface area contributed by atoms with E-state index in [1.165, 1.54) is 13.2 Å². The molecule has 20 heavy (non-hydrogen) atoms. The van der Waals surface area contributed by atoms with Gasteiger partial charge in [0.15, 0.2) is 11.6 Å². The fourth-order valence-electron chi connectivity index (χ4n) is 1.93. The SMILES string of the molecule is COc1cc(NC(C)c2cccc(Cl)c2Cl)ccc1F. The van der Waals surface area contributed by atoms with E-state index in [1.807, 2.05) is 19.1 Å². The van der Waals surface area contributed by atoms with Crippen molar-refractivity contribution in [2.45, 2.75) is 13.0 Å². The standard InChI is InChI=1S/C15H14Cl2FNO/c1-9(11-4-3-5-12(16)15(11)17)19-10-6-7-13(18)14(8-10)20-2/h3-9,19H,1-2H3. The summed E-state index contributed by atoms with van der Waals surface area (Å²) >= 11 is 12.2. The lowest BCUT2D eigenvalue weighted by Gasteiger charge is -2.18. The molecule has 106 valence electrons. The summed E-state index contributed by atoms with van der Waals surface area (Å²) in [4.78, 5) is 0. The van der Waals surface area contributed by atoms with Crippen LogP contribution in [0.1, 0.15) is 18.5 Å². The molecule has 1 atom stereocenters. The highest BCUT2D eigenvalue weighted by atomic mass is 35.5. The Labute approximate surface area is 127 Å². The molecule has 0 bridgehead atoms.